The summed E-state index contributed by atoms with van der Waals surface area (Å²) in [6.07, 6.45) is -0.214. The summed E-state index contributed by atoms with van der Waals surface area (Å²) >= 11 is 0. The Hall–Kier alpha value is -4.33. The number of nitrogens with one attached hydrogen (secondary N) is 2. The summed E-state index contributed by atoms with van der Waals surface area (Å²) in [6, 6.07) is 19.8. The first-order valence-corrected chi connectivity index (χ1v) is 11.1. The van der Waals surface area contributed by atoms with Gasteiger partial charge in [-0.1, -0.05) is 30.3 Å². The van der Waals surface area contributed by atoms with Crippen molar-refractivity contribution in [3.63, 3.8) is 0 Å². The third-order valence-electron chi connectivity index (χ3n) is 5.10. The Morgan fingerprint density at radius 1 is 0.743 bits per heavy atom. The number of ether oxygens (including phenoxy) is 3. The number of amides is 2. The largest absolute Gasteiger partial charge is 0.493 e. The SMILES string of the molecule is COc1ccccc1Oc1ccc(NC(=O)CCC(=O)OCC(=O)Nc2c(C)cccc2C)cc1. The Bertz CT molecular complexity index is 1170. The van der Waals surface area contributed by atoms with Crippen LogP contribution in [0.5, 0.6) is 17.2 Å². The second-order valence-corrected chi connectivity index (χ2v) is 7.80. The lowest BCUT2D eigenvalue weighted by Crippen LogP contribution is -2.22. The van der Waals surface area contributed by atoms with E-state index in [4.69, 9.17) is 14.2 Å². The van der Waals surface area contributed by atoms with Gasteiger partial charge < -0.3 is 24.8 Å². The maximum absolute atomic E-state index is 12.2. The molecule has 0 saturated heterocycles. The smallest absolute Gasteiger partial charge is 0.306 e. The molecule has 0 aliphatic carbocycles. The minimum atomic E-state index is -0.627. The van der Waals surface area contributed by atoms with Crippen LogP contribution in [-0.4, -0.2) is 31.5 Å². The number of para-hydroxylation sites is 3. The molecule has 0 bridgehead atoms. The topological polar surface area (TPSA) is 103 Å². The van der Waals surface area contributed by atoms with Crippen LogP contribution in [-0.2, 0) is 19.1 Å². The van der Waals surface area contributed by atoms with E-state index in [0.29, 0.717) is 28.6 Å². The average molecular weight is 477 g/mol. The summed E-state index contributed by atoms with van der Waals surface area (Å²) in [6.45, 7) is 3.35. The summed E-state index contributed by atoms with van der Waals surface area (Å²) in [4.78, 5) is 36.2. The van der Waals surface area contributed by atoms with Crippen molar-refractivity contribution in [3.05, 3.63) is 77.9 Å². The Balaban J connectivity index is 1.40. The first kappa shape index (κ1) is 25.3. The number of hydrogen-bond acceptors (Lipinski definition) is 6. The molecule has 3 aromatic rings. The number of benzene rings is 3. The molecule has 35 heavy (non-hydrogen) atoms. The van der Waals surface area contributed by atoms with Gasteiger partial charge in [0, 0.05) is 17.8 Å². The van der Waals surface area contributed by atoms with Crippen molar-refractivity contribution < 1.29 is 28.6 Å². The van der Waals surface area contributed by atoms with Gasteiger partial charge in [-0.3, -0.25) is 14.4 Å². The summed E-state index contributed by atoms with van der Waals surface area (Å²) in [5.74, 6) is 0.358. The minimum absolute atomic E-state index is 0.0726. The van der Waals surface area contributed by atoms with Gasteiger partial charge in [-0.2, -0.15) is 0 Å². The van der Waals surface area contributed by atoms with Crippen LogP contribution in [0.4, 0.5) is 11.4 Å². The van der Waals surface area contributed by atoms with Gasteiger partial charge in [0.1, 0.15) is 5.75 Å². The average Bonchev–Trinajstić information content (AvgIpc) is 2.85. The summed E-state index contributed by atoms with van der Waals surface area (Å²) in [5, 5.41) is 5.46. The zero-order chi connectivity index (χ0) is 25.2. The van der Waals surface area contributed by atoms with Crippen LogP contribution in [0.25, 0.3) is 0 Å². The zero-order valence-corrected chi connectivity index (χ0v) is 19.9. The lowest BCUT2D eigenvalue weighted by molar-refractivity contribution is -0.147. The van der Waals surface area contributed by atoms with Crippen molar-refractivity contribution in [1.82, 2.24) is 0 Å². The van der Waals surface area contributed by atoms with Gasteiger partial charge in [0.05, 0.1) is 13.5 Å². The molecule has 2 amide bonds. The molecule has 8 nitrogen and oxygen atoms in total. The van der Waals surface area contributed by atoms with Gasteiger partial charge in [0.15, 0.2) is 18.1 Å². The quantitative estimate of drug-likeness (QED) is 0.399. The lowest BCUT2D eigenvalue weighted by atomic mass is 10.1. The molecule has 0 saturated carbocycles. The number of esters is 1. The molecule has 182 valence electrons. The van der Waals surface area contributed by atoms with E-state index in [1.807, 2.05) is 44.2 Å². The summed E-state index contributed by atoms with van der Waals surface area (Å²) < 4.78 is 16.1. The maximum Gasteiger partial charge on any atom is 0.306 e. The van der Waals surface area contributed by atoms with Crippen molar-refractivity contribution >= 4 is 29.2 Å². The van der Waals surface area contributed by atoms with Crippen LogP contribution in [0.2, 0.25) is 0 Å². The van der Waals surface area contributed by atoms with Gasteiger partial charge in [-0.05, 0) is 61.4 Å². The first-order chi connectivity index (χ1) is 16.9. The van der Waals surface area contributed by atoms with E-state index in [1.54, 1.807) is 43.5 Å². The lowest BCUT2D eigenvalue weighted by Gasteiger charge is -2.12. The number of aryl methyl sites for hydroxylation is 2. The Labute approximate surface area is 204 Å². The first-order valence-electron chi connectivity index (χ1n) is 11.1. The van der Waals surface area contributed by atoms with Crippen LogP contribution >= 0.6 is 0 Å². The molecule has 0 aliphatic rings. The van der Waals surface area contributed by atoms with Crippen molar-refractivity contribution in [2.75, 3.05) is 24.4 Å². The molecule has 2 N–H and O–H groups in total. The standard InChI is InChI=1S/C27H28N2O6/c1-18-7-6-8-19(2)27(18)29-25(31)17-34-26(32)16-15-24(30)28-20-11-13-21(14-12-20)35-23-10-5-4-9-22(23)33-3/h4-14H,15-17H2,1-3H3,(H,28,30)(H,29,31). The molecular formula is C27H28N2O6. The number of hydrogen-bond donors (Lipinski definition) is 2. The van der Waals surface area contributed by atoms with Crippen LogP contribution in [0.15, 0.2) is 66.7 Å². The van der Waals surface area contributed by atoms with Crippen molar-refractivity contribution in [1.29, 1.82) is 0 Å². The maximum atomic E-state index is 12.2. The molecular weight excluding hydrogens is 448 g/mol. The molecule has 0 unspecified atom stereocenters. The number of carbonyl (C=O) groups excluding carboxylic acids is 3. The number of rotatable bonds is 10. The van der Waals surface area contributed by atoms with E-state index in [-0.39, 0.29) is 18.7 Å². The molecule has 3 aromatic carbocycles. The van der Waals surface area contributed by atoms with Crippen molar-refractivity contribution in [2.24, 2.45) is 0 Å². The summed E-state index contributed by atoms with van der Waals surface area (Å²) in [7, 11) is 1.57. The van der Waals surface area contributed by atoms with Gasteiger partial charge >= 0.3 is 5.97 Å². The Kier molecular flexibility index (Phi) is 8.83. The normalized spacial score (nSPS) is 10.3. The molecule has 0 aromatic heterocycles. The van der Waals surface area contributed by atoms with Gasteiger partial charge in [-0.25, -0.2) is 0 Å². The van der Waals surface area contributed by atoms with Crippen LogP contribution < -0.4 is 20.1 Å². The predicted octanol–water partition coefficient (Wildman–Crippen LogP) is 5.00. The monoisotopic (exact) mass is 476 g/mol. The van der Waals surface area contributed by atoms with E-state index in [9.17, 15) is 14.4 Å². The number of carbonyl (C=O) groups is 3. The van der Waals surface area contributed by atoms with E-state index in [2.05, 4.69) is 10.6 Å². The second kappa shape index (κ2) is 12.2. The third kappa shape index (κ3) is 7.60. The molecule has 0 heterocycles. The highest BCUT2D eigenvalue weighted by atomic mass is 16.5. The fourth-order valence-electron chi connectivity index (χ4n) is 3.28. The Morgan fingerprint density at radius 3 is 2.06 bits per heavy atom. The number of methoxy groups -OCH3 is 1. The minimum Gasteiger partial charge on any atom is -0.493 e. The fourth-order valence-corrected chi connectivity index (χ4v) is 3.28. The van der Waals surface area contributed by atoms with Gasteiger partial charge in [0.25, 0.3) is 5.91 Å². The number of anilines is 2. The third-order valence-corrected chi connectivity index (χ3v) is 5.10. The molecule has 0 spiro atoms. The van der Waals surface area contributed by atoms with Crippen molar-refractivity contribution in [2.45, 2.75) is 26.7 Å². The Morgan fingerprint density at radius 2 is 1.40 bits per heavy atom. The van der Waals surface area contributed by atoms with E-state index >= 15 is 0 Å². The highest BCUT2D eigenvalue weighted by Crippen LogP contribution is 2.31. The molecule has 0 radical (unpaired) electrons. The van der Waals surface area contributed by atoms with Crippen molar-refractivity contribution in [3.8, 4) is 17.2 Å². The second-order valence-electron chi connectivity index (χ2n) is 7.80. The van der Waals surface area contributed by atoms with Crippen LogP contribution in [0.1, 0.15) is 24.0 Å². The zero-order valence-electron chi connectivity index (χ0n) is 19.9. The highest BCUT2D eigenvalue weighted by Gasteiger charge is 2.13. The molecule has 0 fully saturated rings. The summed E-state index contributed by atoms with van der Waals surface area (Å²) in [5.41, 5.74) is 3.09. The predicted molar refractivity (Wildman–Crippen MR) is 133 cm³/mol. The molecule has 3 rings (SSSR count). The van der Waals surface area contributed by atoms with Crippen LogP contribution in [0.3, 0.4) is 0 Å². The highest BCUT2D eigenvalue weighted by molar-refractivity contribution is 5.95. The van der Waals surface area contributed by atoms with E-state index in [1.165, 1.54) is 0 Å². The van der Waals surface area contributed by atoms with E-state index in [0.717, 1.165) is 11.1 Å². The van der Waals surface area contributed by atoms with Crippen LogP contribution in [0, 0.1) is 13.8 Å². The van der Waals surface area contributed by atoms with Gasteiger partial charge in [0.2, 0.25) is 5.91 Å². The molecule has 0 aliphatic heterocycles. The molecule has 0 atom stereocenters. The van der Waals surface area contributed by atoms with Gasteiger partial charge in [-0.15, -0.1) is 0 Å². The molecule has 8 heteroatoms. The van der Waals surface area contributed by atoms with E-state index < -0.39 is 18.5 Å². The fraction of sp³-hybridized carbons (Fsp3) is 0.222.